The van der Waals surface area contributed by atoms with E-state index < -0.39 is 17.0 Å². The number of halogens is 4. The third-order valence-electron chi connectivity index (χ3n) is 2.94. The molecular weight excluding hydrogens is 273 g/mol. The van der Waals surface area contributed by atoms with E-state index in [1.807, 2.05) is 0 Å². The van der Waals surface area contributed by atoms with Crippen LogP contribution in [-0.4, -0.2) is 0 Å². The molecule has 0 nitrogen and oxygen atoms in total. The van der Waals surface area contributed by atoms with Crippen LogP contribution in [0.2, 0.25) is 0 Å². The van der Waals surface area contributed by atoms with Crippen molar-refractivity contribution in [2.24, 2.45) is 0 Å². The van der Waals surface area contributed by atoms with Crippen molar-refractivity contribution in [3.05, 3.63) is 70.5 Å². The van der Waals surface area contributed by atoms with Gasteiger partial charge in [0.05, 0.1) is 5.38 Å². The number of hydrogen-bond acceptors (Lipinski definition) is 0. The highest BCUT2D eigenvalue weighted by molar-refractivity contribution is 6.20. The molecule has 0 bridgehead atoms. The Morgan fingerprint density at radius 3 is 2.26 bits per heavy atom. The van der Waals surface area contributed by atoms with Crippen molar-refractivity contribution in [3.8, 4) is 0 Å². The van der Waals surface area contributed by atoms with Crippen molar-refractivity contribution >= 4 is 11.6 Å². The molecule has 2 aromatic carbocycles. The summed E-state index contributed by atoms with van der Waals surface area (Å²) in [7, 11) is 0. The van der Waals surface area contributed by atoms with Gasteiger partial charge in [-0.25, -0.2) is 13.2 Å². The van der Waals surface area contributed by atoms with Crippen LogP contribution >= 0.6 is 11.6 Å². The van der Waals surface area contributed by atoms with E-state index in [9.17, 15) is 13.2 Å². The van der Waals surface area contributed by atoms with Crippen molar-refractivity contribution in [2.45, 2.75) is 18.7 Å². The molecule has 0 aliphatic carbocycles. The van der Waals surface area contributed by atoms with Gasteiger partial charge in [-0.3, -0.25) is 0 Å². The summed E-state index contributed by atoms with van der Waals surface area (Å²) in [5.41, 5.74) is 1.13. The summed E-state index contributed by atoms with van der Waals surface area (Å²) < 4.78 is 39.9. The first-order valence-electron chi connectivity index (χ1n) is 5.81. The predicted octanol–water partition coefficient (Wildman–Crippen LogP) is 4.93. The Morgan fingerprint density at radius 1 is 1.00 bits per heavy atom. The Hall–Kier alpha value is -1.48. The number of hydrogen-bond donors (Lipinski definition) is 0. The minimum absolute atomic E-state index is 0.120. The van der Waals surface area contributed by atoms with Gasteiger partial charge in [-0.05, 0) is 48.7 Å². The van der Waals surface area contributed by atoms with Crippen LogP contribution < -0.4 is 0 Å². The second-order valence-corrected chi connectivity index (χ2v) is 4.95. The van der Waals surface area contributed by atoms with Crippen molar-refractivity contribution in [1.82, 2.24) is 0 Å². The Bertz CT molecular complexity index is 579. The zero-order valence-electron chi connectivity index (χ0n) is 10.3. The fraction of sp³-hybridized carbons (Fsp3) is 0.200. The van der Waals surface area contributed by atoms with Gasteiger partial charge in [-0.2, -0.15) is 0 Å². The summed E-state index contributed by atoms with van der Waals surface area (Å²) in [6, 6.07) is 8.02. The Balaban J connectivity index is 2.22. The molecule has 0 amide bonds. The molecule has 0 heterocycles. The molecule has 2 rings (SSSR count). The van der Waals surface area contributed by atoms with E-state index in [4.69, 9.17) is 11.6 Å². The molecule has 0 saturated carbocycles. The average molecular weight is 285 g/mol. The molecule has 0 aliphatic heterocycles. The van der Waals surface area contributed by atoms with E-state index in [-0.39, 0.29) is 16.9 Å². The quantitative estimate of drug-likeness (QED) is 0.701. The maximum Gasteiger partial charge on any atom is 0.128 e. The van der Waals surface area contributed by atoms with Gasteiger partial charge in [0.15, 0.2) is 0 Å². The van der Waals surface area contributed by atoms with Crippen LogP contribution in [0.4, 0.5) is 13.2 Å². The van der Waals surface area contributed by atoms with E-state index in [2.05, 4.69) is 0 Å². The van der Waals surface area contributed by atoms with Gasteiger partial charge in [-0.1, -0.05) is 12.1 Å². The largest absolute Gasteiger partial charge is 0.207 e. The SMILES string of the molecule is Cc1cc(F)c(C(Cl)Cc2ccc(F)cc2)cc1F. The number of alkyl halides is 1. The lowest BCUT2D eigenvalue weighted by Gasteiger charge is -2.12. The van der Waals surface area contributed by atoms with E-state index in [1.54, 1.807) is 12.1 Å². The number of aryl methyl sites for hydroxylation is 1. The van der Waals surface area contributed by atoms with Crippen LogP contribution in [0.3, 0.4) is 0 Å². The van der Waals surface area contributed by atoms with Crippen LogP contribution in [0.15, 0.2) is 36.4 Å². The zero-order chi connectivity index (χ0) is 14.0. The van der Waals surface area contributed by atoms with Crippen molar-refractivity contribution in [2.75, 3.05) is 0 Å². The lowest BCUT2D eigenvalue weighted by atomic mass is 10.0. The summed E-state index contributed by atoms with van der Waals surface area (Å²) in [5, 5.41) is -0.694. The van der Waals surface area contributed by atoms with Gasteiger partial charge in [0.2, 0.25) is 0 Å². The molecule has 0 saturated heterocycles. The summed E-state index contributed by atoms with van der Waals surface area (Å²) in [4.78, 5) is 0. The van der Waals surface area contributed by atoms with E-state index in [0.717, 1.165) is 17.7 Å². The highest BCUT2D eigenvalue weighted by atomic mass is 35.5. The first kappa shape index (κ1) is 13.9. The topological polar surface area (TPSA) is 0 Å². The van der Waals surface area contributed by atoms with Gasteiger partial charge >= 0.3 is 0 Å². The first-order chi connectivity index (χ1) is 8.97. The van der Waals surface area contributed by atoms with E-state index in [0.29, 0.717) is 6.42 Å². The van der Waals surface area contributed by atoms with Crippen LogP contribution in [0.5, 0.6) is 0 Å². The van der Waals surface area contributed by atoms with Crippen molar-refractivity contribution in [1.29, 1.82) is 0 Å². The Labute approximate surface area is 114 Å². The summed E-state index contributed by atoms with van der Waals surface area (Å²) >= 11 is 6.11. The Kier molecular flexibility index (Phi) is 4.15. The molecular formula is C15H12ClF3. The van der Waals surface area contributed by atoms with Gasteiger partial charge in [0.25, 0.3) is 0 Å². The van der Waals surface area contributed by atoms with E-state index >= 15 is 0 Å². The zero-order valence-corrected chi connectivity index (χ0v) is 11.0. The highest BCUT2D eigenvalue weighted by Crippen LogP contribution is 2.29. The fourth-order valence-corrected chi connectivity index (χ4v) is 2.18. The monoisotopic (exact) mass is 284 g/mol. The maximum atomic E-state index is 13.7. The molecule has 0 N–H and O–H groups in total. The van der Waals surface area contributed by atoms with Gasteiger partial charge in [0, 0.05) is 5.56 Å². The third kappa shape index (κ3) is 3.29. The lowest BCUT2D eigenvalue weighted by molar-refractivity contribution is 0.575. The van der Waals surface area contributed by atoms with E-state index in [1.165, 1.54) is 19.1 Å². The van der Waals surface area contributed by atoms with Gasteiger partial charge < -0.3 is 0 Å². The molecule has 4 heteroatoms. The van der Waals surface area contributed by atoms with Crippen LogP contribution in [-0.2, 0) is 6.42 Å². The van der Waals surface area contributed by atoms with Crippen LogP contribution in [0.1, 0.15) is 22.1 Å². The second kappa shape index (κ2) is 5.66. The summed E-state index contributed by atoms with van der Waals surface area (Å²) in [5.74, 6) is -1.36. The molecule has 1 atom stereocenters. The Morgan fingerprint density at radius 2 is 1.63 bits per heavy atom. The molecule has 100 valence electrons. The molecule has 19 heavy (non-hydrogen) atoms. The maximum absolute atomic E-state index is 13.7. The first-order valence-corrected chi connectivity index (χ1v) is 6.25. The average Bonchev–Trinajstić information content (AvgIpc) is 2.36. The summed E-state index contributed by atoms with van der Waals surface area (Å²) in [6.45, 7) is 1.49. The van der Waals surface area contributed by atoms with Crippen molar-refractivity contribution in [3.63, 3.8) is 0 Å². The summed E-state index contributed by atoms with van der Waals surface area (Å²) in [6.07, 6.45) is 0.307. The molecule has 0 fully saturated rings. The number of benzene rings is 2. The molecule has 0 spiro atoms. The minimum atomic E-state index is -0.694. The second-order valence-electron chi connectivity index (χ2n) is 4.42. The van der Waals surface area contributed by atoms with Gasteiger partial charge in [-0.15, -0.1) is 11.6 Å². The normalized spacial score (nSPS) is 12.5. The minimum Gasteiger partial charge on any atom is -0.207 e. The van der Waals surface area contributed by atoms with Gasteiger partial charge in [0.1, 0.15) is 17.5 Å². The molecule has 0 aliphatic rings. The predicted molar refractivity (Wildman–Crippen MR) is 69.8 cm³/mol. The fourth-order valence-electron chi connectivity index (χ4n) is 1.84. The standard InChI is InChI=1S/C15H12ClF3/c1-9-6-15(19)12(8-14(9)18)13(16)7-10-2-4-11(17)5-3-10/h2-6,8,13H,7H2,1H3. The third-order valence-corrected chi connectivity index (χ3v) is 3.33. The molecule has 1 unspecified atom stereocenters. The molecule has 0 aromatic heterocycles. The lowest BCUT2D eigenvalue weighted by Crippen LogP contribution is -2.01. The highest BCUT2D eigenvalue weighted by Gasteiger charge is 2.16. The van der Waals surface area contributed by atoms with Crippen molar-refractivity contribution < 1.29 is 13.2 Å². The molecule has 0 radical (unpaired) electrons. The van der Waals surface area contributed by atoms with Crippen LogP contribution in [0.25, 0.3) is 0 Å². The molecule has 2 aromatic rings. The smallest absolute Gasteiger partial charge is 0.128 e. The van der Waals surface area contributed by atoms with Crippen LogP contribution in [0, 0.1) is 24.4 Å². The number of rotatable bonds is 3.